The van der Waals surface area contributed by atoms with Crippen molar-refractivity contribution in [3.63, 3.8) is 0 Å². The van der Waals surface area contributed by atoms with Gasteiger partial charge in [0.25, 0.3) is 0 Å². The summed E-state index contributed by atoms with van der Waals surface area (Å²) in [6, 6.07) is 9.24. The van der Waals surface area contributed by atoms with Gasteiger partial charge in [0.2, 0.25) is 5.91 Å². The Morgan fingerprint density at radius 3 is 2.79 bits per heavy atom. The maximum atomic E-state index is 11.8. The fourth-order valence-electron chi connectivity index (χ4n) is 1.53. The smallest absolute Gasteiger partial charge is 0.418 e. The minimum Gasteiger partial charge on any atom is -0.444 e. The van der Waals surface area contributed by atoms with E-state index in [2.05, 4.69) is 0 Å². The van der Waals surface area contributed by atoms with Crippen LogP contribution in [-0.4, -0.2) is 16.9 Å². The zero-order chi connectivity index (χ0) is 14.5. The predicted molar refractivity (Wildman–Crippen MR) is 69.5 cm³/mol. The van der Waals surface area contributed by atoms with Gasteiger partial charge < -0.3 is 10.5 Å². The second-order valence-corrected chi connectivity index (χ2v) is 3.90. The van der Waals surface area contributed by atoms with Crippen LogP contribution in [0.4, 0.5) is 4.79 Å². The van der Waals surface area contributed by atoms with E-state index in [9.17, 15) is 9.59 Å². The van der Waals surface area contributed by atoms with Gasteiger partial charge in [-0.15, -0.1) is 0 Å². The van der Waals surface area contributed by atoms with E-state index in [1.165, 1.54) is 18.5 Å². The summed E-state index contributed by atoms with van der Waals surface area (Å²) in [6.45, 7) is 0.133. The fraction of sp³-hybridized carbons (Fsp3) is 0.143. The molecule has 0 bridgehead atoms. The van der Waals surface area contributed by atoms with Crippen molar-refractivity contribution in [1.29, 1.82) is 0 Å². The number of nitrogens with two attached hydrogens (primary N) is 1. The molecule has 0 saturated carbocycles. The Balaban J connectivity index is 1.99. The summed E-state index contributed by atoms with van der Waals surface area (Å²) in [4.78, 5) is 24.1. The van der Waals surface area contributed by atoms with Crippen molar-refractivity contribution in [1.82, 2.24) is 4.90 Å². The monoisotopic (exact) mass is 259 g/mol. The lowest BCUT2D eigenvalue weighted by Gasteiger charge is -2.18. The summed E-state index contributed by atoms with van der Waals surface area (Å²) >= 11 is 0. The van der Waals surface area contributed by atoms with Gasteiger partial charge >= 0.3 is 6.09 Å². The molecular weight excluding hydrogens is 244 g/mol. The zero-order valence-corrected chi connectivity index (χ0v) is 10.2. The lowest BCUT2D eigenvalue weighted by molar-refractivity contribution is -0.114. The van der Waals surface area contributed by atoms with E-state index >= 15 is 0 Å². The lowest BCUT2D eigenvalue weighted by Crippen LogP contribution is -2.26. The molecule has 0 spiro atoms. The highest BCUT2D eigenvalue weighted by Crippen LogP contribution is 2.13. The number of benzene rings is 1. The summed E-state index contributed by atoms with van der Waals surface area (Å²) in [6.07, 6.45) is 2.52. The summed E-state index contributed by atoms with van der Waals surface area (Å²) in [5.41, 5.74) is 6.05. The second kappa shape index (κ2) is 5.86. The first-order valence-electron chi connectivity index (χ1n) is 6.27. The van der Waals surface area contributed by atoms with Crippen LogP contribution in [0, 0.1) is 0 Å². The number of hydrogen-bond acceptors (Lipinski definition) is 3. The van der Waals surface area contributed by atoms with Gasteiger partial charge in [0.15, 0.2) is 0 Å². The molecule has 1 aromatic carbocycles. The number of nitrogens with zero attached hydrogens (tertiary/aromatic N) is 1. The molecule has 1 atom stereocenters. The molecule has 1 unspecified atom stereocenters. The minimum absolute atomic E-state index is 0.0455. The molecule has 0 aromatic heterocycles. The molecule has 2 amide bonds. The third-order valence-electron chi connectivity index (χ3n) is 2.50. The highest BCUT2D eigenvalue weighted by Gasteiger charge is 2.16. The van der Waals surface area contributed by atoms with Gasteiger partial charge in [-0.25, -0.2) is 4.79 Å². The molecule has 1 heterocycles. The molecule has 2 N–H and O–H groups in total. The standard InChI is InChI=1S/C14H14N2O3/c15-13(17)12-7-4-8-16(9-12)14(18)19-10-11-5-2-1-3-6-11/h1-6,8-9H,7,10H2,(H2,15,17)/i7D. The number of primary amides is 1. The van der Waals surface area contributed by atoms with Crippen LogP contribution in [0.2, 0.25) is 0 Å². The highest BCUT2D eigenvalue weighted by atomic mass is 16.6. The number of allylic oxidation sites excluding steroid dienone is 1. The van der Waals surface area contributed by atoms with E-state index in [0.29, 0.717) is 0 Å². The van der Waals surface area contributed by atoms with Gasteiger partial charge in [0.05, 0.1) is 0 Å². The Labute approximate surface area is 112 Å². The molecule has 98 valence electrons. The fourth-order valence-corrected chi connectivity index (χ4v) is 1.53. The van der Waals surface area contributed by atoms with Crippen molar-refractivity contribution < 1.29 is 15.7 Å². The average Bonchev–Trinajstić information content (AvgIpc) is 2.46. The summed E-state index contributed by atoms with van der Waals surface area (Å²) < 4.78 is 12.7. The Hall–Kier alpha value is -2.56. The molecule has 1 aliphatic heterocycles. The quantitative estimate of drug-likeness (QED) is 0.901. The maximum Gasteiger partial charge on any atom is 0.418 e. The summed E-state index contributed by atoms with van der Waals surface area (Å²) in [5.74, 6) is -0.727. The number of carbonyl (C=O) groups is 2. The van der Waals surface area contributed by atoms with Crippen molar-refractivity contribution in [2.75, 3.05) is 0 Å². The molecule has 0 radical (unpaired) electrons. The van der Waals surface area contributed by atoms with Crippen molar-refractivity contribution in [2.45, 2.75) is 13.0 Å². The SMILES string of the molecule is [2H]C1C=CN(C(=O)OCc2ccccc2)C=C1C(N)=O. The first-order valence-corrected chi connectivity index (χ1v) is 5.69. The first-order chi connectivity index (χ1) is 9.58. The molecule has 2 rings (SSSR count). The number of rotatable bonds is 3. The van der Waals surface area contributed by atoms with Gasteiger partial charge in [-0.1, -0.05) is 36.4 Å². The Morgan fingerprint density at radius 1 is 1.37 bits per heavy atom. The van der Waals surface area contributed by atoms with Crippen LogP contribution in [0.5, 0.6) is 0 Å². The van der Waals surface area contributed by atoms with Gasteiger partial charge in [-0.2, -0.15) is 0 Å². The van der Waals surface area contributed by atoms with Gasteiger partial charge in [0.1, 0.15) is 6.61 Å². The van der Waals surface area contributed by atoms with Crippen LogP contribution in [0.3, 0.4) is 0 Å². The summed E-state index contributed by atoms with van der Waals surface area (Å²) in [5, 5.41) is 0. The van der Waals surface area contributed by atoms with Crippen LogP contribution in [0.15, 0.2) is 54.4 Å². The van der Waals surface area contributed by atoms with Crippen molar-refractivity contribution in [3.8, 4) is 0 Å². The van der Waals surface area contributed by atoms with Gasteiger partial charge in [0, 0.05) is 19.3 Å². The molecule has 0 saturated heterocycles. The van der Waals surface area contributed by atoms with Crippen molar-refractivity contribution in [2.24, 2.45) is 5.73 Å². The Morgan fingerprint density at radius 2 is 2.11 bits per heavy atom. The normalized spacial score (nSPS) is 18.5. The van der Waals surface area contributed by atoms with Crippen LogP contribution >= 0.6 is 0 Å². The molecule has 1 aliphatic rings. The van der Waals surface area contributed by atoms with E-state index in [4.69, 9.17) is 11.8 Å². The van der Waals surface area contributed by atoms with Crippen molar-refractivity contribution >= 4 is 12.0 Å². The number of hydrogen-bond donors (Lipinski definition) is 1. The molecule has 5 nitrogen and oxygen atoms in total. The van der Waals surface area contributed by atoms with Crippen LogP contribution in [0.1, 0.15) is 13.3 Å². The third kappa shape index (κ3) is 3.45. The van der Waals surface area contributed by atoms with E-state index in [0.717, 1.165) is 10.5 Å². The average molecular weight is 259 g/mol. The van der Waals surface area contributed by atoms with E-state index in [1.807, 2.05) is 30.3 Å². The minimum atomic E-state index is -0.856. The third-order valence-corrected chi connectivity index (χ3v) is 2.50. The number of ether oxygens (including phenoxy) is 1. The van der Waals surface area contributed by atoms with Crippen LogP contribution in [-0.2, 0) is 16.1 Å². The largest absolute Gasteiger partial charge is 0.444 e. The first kappa shape index (κ1) is 11.5. The second-order valence-electron chi connectivity index (χ2n) is 3.90. The Bertz CT molecular complexity index is 569. The number of amides is 2. The summed E-state index contributed by atoms with van der Waals surface area (Å²) in [7, 11) is 0. The van der Waals surface area contributed by atoms with E-state index in [-0.39, 0.29) is 12.2 Å². The molecular formula is C14H14N2O3. The molecule has 0 fully saturated rings. The van der Waals surface area contributed by atoms with Gasteiger partial charge in [-0.3, -0.25) is 9.69 Å². The highest BCUT2D eigenvalue weighted by molar-refractivity contribution is 5.93. The zero-order valence-electron chi connectivity index (χ0n) is 11.2. The molecule has 0 aliphatic carbocycles. The van der Waals surface area contributed by atoms with Crippen LogP contribution in [0.25, 0.3) is 0 Å². The van der Waals surface area contributed by atoms with Gasteiger partial charge in [-0.05, 0) is 12.0 Å². The van der Waals surface area contributed by atoms with E-state index < -0.39 is 18.4 Å². The molecule has 1 aromatic rings. The molecule has 5 heteroatoms. The topological polar surface area (TPSA) is 72.6 Å². The van der Waals surface area contributed by atoms with Crippen LogP contribution < -0.4 is 5.73 Å². The predicted octanol–water partition coefficient (Wildman–Crippen LogP) is 1.91. The Kier molecular flexibility index (Phi) is 3.55. The number of carbonyl (C=O) groups excluding carboxylic acids is 2. The molecule has 19 heavy (non-hydrogen) atoms. The maximum absolute atomic E-state index is 11.8. The van der Waals surface area contributed by atoms with E-state index in [1.54, 1.807) is 0 Å². The van der Waals surface area contributed by atoms with Crippen molar-refractivity contribution in [3.05, 3.63) is 59.9 Å². The lowest BCUT2D eigenvalue weighted by atomic mass is 10.1.